The van der Waals surface area contributed by atoms with Gasteiger partial charge in [-0.25, -0.2) is 4.98 Å². The molecule has 0 aliphatic heterocycles. The lowest BCUT2D eigenvalue weighted by atomic mass is 10.0. The number of halogens is 1. The third-order valence-electron chi connectivity index (χ3n) is 4.55. The molecule has 0 bridgehead atoms. The molecule has 29 heavy (non-hydrogen) atoms. The van der Waals surface area contributed by atoms with Crippen LogP contribution in [0.5, 0.6) is 5.75 Å². The van der Waals surface area contributed by atoms with Crippen molar-refractivity contribution >= 4 is 44.2 Å². The number of thiazole rings is 1. The molecule has 0 spiro atoms. The van der Waals surface area contributed by atoms with Gasteiger partial charge >= 0.3 is 0 Å². The van der Waals surface area contributed by atoms with Crippen molar-refractivity contribution in [1.82, 2.24) is 9.88 Å². The third kappa shape index (κ3) is 5.69. The first-order valence-corrected chi connectivity index (χ1v) is 10.8. The summed E-state index contributed by atoms with van der Waals surface area (Å²) in [4.78, 5) is 21.3. The molecule has 0 N–H and O–H groups in total. The van der Waals surface area contributed by atoms with Crippen molar-refractivity contribution in [3.63, 3.8) is 0 Å². The van der Waals surface area contributed by atoms with Crippen LogP contribution in [0.2, 0.25) is 5.02 Å². The van der Waals surface area contributed by atoms with Gasteiger partial charge in [0.05, 0.1) is 10.2 Å². The molecule has 0 saturated heterocycles. The lowest BCUT2D eigenvalue weighted by Gasteiger charge is -2.22. The van der Waals surface area contributed by atoms with Gasteiger partial charge in [0, 0.05) is 18.1 Å². The van der Waals surface area contributed by atoms with Crippen LogP contribution in [0.4, 0.5) is 5.13 Å². The van der Waals surface area contributed by atoms with Gasteiger partial charge in [0.25, 0.3) is 5.91 Å². The van der Waals surface area contributed by atoms with E-state index in [0.29, 0.717) is 28.4 Å². The second-order valence-electron chi connectivity index (χ2n) is 7.47. The van der Waals surface area contributed by atoms with Crippen LogP contribution in [0.25, 0.3) is 10.2 Å². The molecule has 0 radical (unpaired) electrons. The van der Waals surface area contributed by atoms with Gasteiger partial charge in [0.2, 0.25) is 0 Å². The molecule has 3 aromatic rings. The fourth-order valence-corrected chi connectivity index (χ4v) is 4.09. The second kappa shape index (κ2) is 9.57. The second-order valence-corrected chi connectivity index (χ2v) is 8.92. The van der Waals surface area contributed by atoms with Crippen LogP contribution in [-0.2, 0) is 4.79 Å². The number of hydrogen-bond acceptors (Lipinski definition) is 5. The number of likely N-dealkylation sites (N-methyl/N-ethyl adjacent to an activating group) is 1. The lowest BCUT2D eigenvalue weighted by Crippen LogP contribution is -2.39. The zero-order valence-electron chi connectivity index (χ0n) is 17.2. The summed E-state index contributed by atoms with van der Waals surface area (Å²) >= 11 is 7.55. The minimum atomic E-state index is -0.120. The van der Waals surface area contributed by atoms with Gasteiger partial charge in [0.15, 0.2) is 11.7 Å². The number of carbonyl (C=O) groups is 1. The highest BCUT2D eigenvalue weighted by Gasteiger charge is 2.20. The number of fused-ring (bicyclic) bond motifs is 1. The van der Waals surface area contributed by atoms with Crippen LogP contribution in [0.15, 0.2) is 42.5 Å². The highest BCUT2D eigenvalue weighted by molar-refractivity contribution is 7.22. The maximum absolute atomic E-state index is 13.0. The van der Waals surface area contributed by atoms with Gasteiger partial charge in [-0.2, -0.15) is 0 Å². The van der Waals surface area contributed by atoms with E-state index in [1.807, 2.05) is 61.5 Å². The normalized spacial score (nSPS) is 11.4. The Morgan fingerprint density at radius 1 is 1.14 bits per heavy atom. The van der Waals surface area contributed by atoms with E-state index in [2.05, 4.69) is 18.8 Å². The summed E-state index contributed by atoms with van der Waals surface area (Å²) in [6.07, 6.45) is 0. The van der Waals surface area contributed by atoms with E-state index in [1.165, 1.54) is 16.9 Å². The molecule has 3 rings (SSSR count). The minimum Gasteiger partial charge on any atom is -0.484 e. The summed E-state index contributed by atoms with van der Waals surface area (Å²) in [7, 11) is 3.96. The number of benzene rings is 2. The first-order valence-electron chi connectivity index (χ1n) is 9.57. The Balaban J connectivity index is 1.75. The van der Waals surface area contributed by atoms with Gasteiger partial charge in [-0.3, -0.25) is 9.69 Å². The fourth-order valence-electron chi connectivity index (χ4n) is 2.80. The molecule has 1 amide bonds. The van der Waals surface area contributed by atoms with Crippen LogP contribution in [0.3, 0.4) is 0 Å². The average Bonchev–Trinajstić information content (AvgIpc) is 3.09. The summed E-state index contributed by atoms with van der Waals surface area (Å²) < 4.78 is 6.71. The van der Waals surface area contributed by atoms with E-state index in [4.69, 9.17) is 16.3 Å². The lowest BCUT2D eigenvalue weighted by molar-refractivity contribution is -0.120. The van der Waals surface area contributed by atoms with Crippen LogP contribution in [0, 0.1) is 0 Å². The van der Waals surface area contributed by atoms with Crippen LogP contribution in [0.1, 0.15) is 25.3 Å². The van der Waals surface area contributed by atoms with Gasteiger partial charge in [-0.15, -0.1) is 0 Å². The van der Waals surface area contributed by atoms with Crippen molar-refractivity contribution in [3.05, 3.63) is 53.1 Å². The topological polar surface area (TPSA) is 45.7 Å². The van der Waals surface area contributed by atoms with Crippen molar-refractivity contribution in [2.45, 2.75) is 19.8 Å². The Morgan fingerprint density at radius 2 is 1.86 bits per heavy atom. The smallest absolute Gasteiger partial charge is 0.266 e. The molecule has 1 heterocycles. The number of rotatable bonds is 8. The zero-order chi connectivity index (χ0) is 21.0. The summed E-state index contributed by atoms with van der Waals surface area (Å²) in [5.74, 6) is 1.02. The predicted molar refractivity (Wildman–Crippen MR) is 122 cm³/mol. The molecule has 2 aromatic carbocycles. The third-order valence-corrected chi connectivity index (χ3v) is 5.83. The Morgan fingerprint density at radius 3 is 2.52 bits per heavy atom. The Bertz CT molecular complexity index is 970. The zero-order valence-corrected chi connectivity index (χ0v) is 18.8. The SMILES string of the molecule is CC(C)c1ccc(OCC(=O)N(CCN(C)C)c2nc3ccc(Cl)cc3s2)cc1. The summed E-state index contributed by atoms with van der Waals surface area (Å²) in [6.45, 7) is 5.52. The summed E-state index contributed by atoms with van der Waals surface area (Å²) in [6, 6.07) is 13.4. The van der Waals surface area contributed by atoms with Crippen LogP contribution >= 0.6 is 22.9 Å². The number of amides is 1. The van der Waals surface area contributed by atoms with E-state index in [-0.39, 0.29) is 12.5 Å². The molecular formula is C22H26ClN3O2S. The minimum absolute atomic E-state index is 0.0366. The summed E-state index contributed by atoms with van der Waals surface area (Å²) in [5, 5.41) is 1.32. The molecule has 0 atom stereocenters. The number of ether oxygens (including phenoxy) is 1. The first kappa shape index (κ1) is 21.6. The molecule has 0 aliphatic carbocycles. The first-order chi connectivity index (χ1) is 13.8. The van der Waals surface area contributed by atoms with Crippen molar-refractivity contribution < 1.29 is 9.53 Å². The number of anilines is 1. The number of hydrogen-bond donors (Lipinski definition) is 0. The van der Waals surface area contributed by atoms with Crippen molar-refractivity contribution in [2.75, 3.05) is 38.7 Å². The Kier molecular flexibility index (Phi) is 7.11. The van der Waals surface area contributed by atoms with Gasteiger partial charge in [-0.05, 0) is 55.9 Å². The number of nitrogens with zero attached hydrogens (tertiary/aromatic N) is 3. The summed E-state index contributed by atoms with van der Waals surface area (Å²) in [5.41, 5.74) is 2.08. The van der Waals surface area contributed by atoms with Crippen molar-refractivity contribution in [2.24, 2.45) is 0 Å². The van der Waals surface area contributed by atoms with E-state index >= 15 is 0 Å². The fraction of sp³-hybridized carbons (Fsp3) is 0.364. The van der Waals surface area contributed by atoms with Crippen LogP contribution < -0.4 is 9.64 Å². The average molecular weight is 432 g/mol. The molecule has 1 aromatic heterocycles. The number of aromatic nitrogens is 1. The molecule has 0 fully saturated rings. The largest absolute Gasteiger partial charge is 0.484 e. The van der Waals surface area contributed by atoms with Crippen molar-refractivity contribution in [1.29, 1.82) is 0 Å². The van der Waals surface area contributed by atoms with Crippen molar-refractivity contribution in [3.8, 4) is 5.75 Å². The molecule has 5 nitrogen and oxygen atoms in total. The highest BCUT2D eigenvalue weighted by Crippen LogP contribution is 2.31. The molecule has 0 aliphatic rings. The monoisotopic (exact) mass is 431 g/mol. The quantitative estimate of drug-likeness (QED) is 0.500. The van der Waals surface area contributed by atoms with Crippen LogP contribution in [-0.4, -0.2) is 49.6 Å². The predicted octanol–water partition coefficient (Wildman–Crippen LogP) is 5.05. The van der Waals surface area contributed by atoms with E-state index in [0.717, 1.165) is 16.8 Å². The maximum atomic E-state index is 13.0. The highest BCUT2D eigenvalue weighted by atomic mass is 35.5. The van der Waals surface area contributed by atoms with E-state index in [1.54, 1.807) is 4.90 Å². The van der Waals surface area contributed by atoms with E-state index < -0.39 is 0 Å². The van der Waals surface area contributed by atoms with E-state index in [9.17, 15) is 4.79 Å². The van der Waals surface area contributed by atoms with Gasteiger partial charge in [-0.1, -0.05) is 48.9 Å². The molecule has 0 unspecified atom stereocenters. The maximum Gasteiger partial charge on any atom is 0.266 e. The molecule has 7 heteroatoms. The Hall–Kier alpha value is -2.15. The molecule has 0 saturated carbocycles. The standard InChI is InChI=1S/C22H26ClN3O2S/c1-15(2)16-5-8-18(9-6-16)28-14-21(27)26(12-11-25(3)4)22-24-19-10-7-17(23)13-20(19)29-22/h5-10,13,15H,11-12,14H2,1-4H3. The molecular weight excluding hydrogens is 406 g/mol. The Labute approximate surface area is 180 Å². The molecule has 154 valence electrons. The number of carbonyl (C=O) groups excluding carboxylic acids is 1. The van der Waals surface area contributed by atoms with Gasteiger partial charge < -0.3 is 9.64 Å². The van der Waals surface area contributed by atoms with Gasteiger partial charge in [0.1, 0.15) is 5.75 Å².